The molecule has 1 saturated heterocycles. The van der Waals surface area contributed by atoms with Crippen LogP contribution in [0.5, 0.6) is 0 Å². The number of carbonyl (C=O) groups excluding carboxylic acids is 1. The summed E-state index contributed by atoms with van der Waals surface area (Å²) in [6.45, 7) is 2.92. The third kappa shape index (κ3) is 5.28. The number of hydrogen-bond acceptors (Lipinski definition) is 4. The van der Waals surface area contributed by atoms with Gasteiger partial charge in [0, 0.05) is 34.9 Å². The van der Waals surface area contributed by atoms with Crippen LogP contribution in [0.25, 0.3) is 0 Å². The Balaban J connectivity index is 2.05. The Kier molecular flexibility index (Phi) is 5.86. The normalized spacial score (nSPS) is 26.2. The zero-order valence-electron chi connectivity index (χ0n) is 9.16. The van der Waals surface area contributed by atoms with E-state index in [9.17, 15) is 9.00 Å². The van der Waals surface area contributed by atoms with Gasteiger partial charge in [-0.3, -0.25) is 9.00 Å². The lowest BCUT2D eigenvalue weighted by Gasteiger charge is -2.22. The minimum Gasteiger partial charge on any atom is -0.466 e. The molecule has 5 heteroatoms. The molecule has 1 N–H and O–H groups in total. The van der Waals surface area contributed by atoms with Gasteiger partial charge in [0.1, 0.15) is 0 Å². The third-order valence-corrected chi connectivity index (χ3v) is 3.84. The molecule has 0 aliphatic carbocycles. The van der Waals surface area contributed by atoms with Crippen LogP contribution in [0.1, 0.15) is 26.2 Å². The van der Waals surface area contributed by atoms with Gasteiger partial charge in [-0.05, 0) is 19.8 Å². The molecule has 0 saturated carbocycles. The van der Waals surface area contributed by atoms with Crippen molar-refractivity contribution in [3.63, 3.8) is 0 Å². The first-order valence-corrected chi connectivity index (χ1v) is 6.95. The average Bonchev–Trinajstić information content (AvgIpc) is 2.21. The Morgan fingerprint density at radius 2 is 2.13 bits per heavy atom. The summed E-state index contributed by atoms with van der Waals surface area (Å²) in [7, 11) is -0.610. The zero-order valence-corrected chi connectivity index (χ0v) is 9.98. The Morgan fingerprint density at radius 1 is 1.47 bits per heavy atom. The fourth-order valence-corrected chi connectivity index (χ4v) is 2.91. The molecule has 1 aliphatic heterocycles. The van der Waals surface area contributed by atoms with Gasteiger partial charge >= 0.3 is 5.97 Å². The Hall–Kier alpha value is -0.420. The van der Waals surface area contributed by atoms with E-state index in [1.165, 1.54) is 0 Å². The quantitative estimate of drug-likeness (QED) is 0.700. The number of esters is 1. The van der Waals surface area contributed by atoms with E-state index in [1.807, 2.05) is 6.92 Å². The highest BCUT2D eigenvalue weighted by Crippen LogP contribution is 2.08. The minimum atomic E-state index is -0.610. The molecule has 1 rings (SSSR count). The number of ether oxygens (including phenoxy) is 1. The van der Waals surface area contributed by atoms with E-state index in [1.54, 1.807) is 0 Å². The molecule has 0 aromatic rings. The monoisotopic (exact) mass is 233 g/mol. The predicted molar refractivity (Wildman–Crippen MR) is 60.2 cm³/mol. The molecule has 1 heterocycles. The summed E-state index contributed by atoms with van der Waals surface area (Å²) in [5.41, 5.74) is 0. The highest BCUT2D eigenvalue weighted by molar-refractivity contribution is 7.85. The van der Waals surface area contributed by atoms with Gasteiger partial charge in [-0.2, -0.15) is 0 Å². The fraction of sp³-hybridized carbons (Fsp3) is 0.900. The Bertz CT molecular complexity index is 223. The Morgan fingerprint density at radius 3 is 2.73 bits per heavy atom. The number of nitrogens with one attached hydrogen (secondary N) is 1. The van der Waals surface area contributed by atoms with Crippen molar-refractivity contribution in [2.24, 2.45) is 0 Å². The molecule has 0 spiro atoms. The second-order valence-corrected chi connectivity index (χ2v) is 5.33. The number of hydrogen-bond donors (Lipinski definition) is 1. The van der Waals surface area contributed by atoms with E-state index in [0.717, 1.165) is 24.3 Å². The third-order valence-electron chi connectivity index (χ3n) is 2.46. The zero-order chi connectivity index (χ0) is 11.1. The second kappa shape index (κ2) is 6.95. The molecular formula is C10H19NO3S. The summed E-state index contributed by atoms with van der Waals surface area (Å²) in [6.07, 6.45) is 2.33. The molecule has 0 unspecified atom stereocenters. The van der Waals surface area contributed by atoms with Gasteiger partial charge in [-0.1, -0.05) is 0 Å². The average molecular weight is 233 g/mol. The van der Waals surface area contributed by atoms with Crippen LogP contribution in [-0.4, -0.2) is 40.9 Å². The van der Waals surface area contributed by atoms with Gasteiger partial charge in [0.15, 0.2) is 0 Å². The molecule has 0 aromatic carbocycles. The summed E-state index contributed by atoms with van der Waals surface area (Å²) in [6, 6.07) is 0.428. The van der Waals surface area contributed by atoms with Crippen LogP contribution < -0.4 is 5.32 Å². The molecule has 0 amide bonds. The van der Waals surface area contributed by atoms with E-state index in [-0.39, 0.29) is 5.97 Å². The first-order valence-electron chi connectivity index (χ1n) is 5.46. The smallest absolute Gasteiger partial charge is 0.307 e. The van der Waals surface area contributed by atoms with Crippen molar-refractivity contribution >= 4 is 16.8 Å². The lowest BCUT2D eigenvalue weighted by atomic mass is 10.1. The van der Waals surface area contributed by atoms with Crippen LogP contribution in [0.4, 0.5) is 0 Å². The van der Waals surface area contributed by atoms with Crippen molar-refractivity contribution < 1.29 is 13.7 Å². The highest BCUT2D eigenvalue weighted by atomic mass is 32.2. The maximum atomic E-state index is 11.1. The summed E-state index contributed by atoms with van der Waals surface area (Å²) in [5.74, 6) is 1.43. The van der Waals surface area contributed by atoms with Crippen molar-refractivity contribution in [3.05, 3.63) is 0 Å². The van der Waals surface area contributed by atoms with Gasteiger partial charge in [0.05, 0.1) is 13.0 Å². The summed E-state index contributed by atoms with van der Waals surface area (Å²) in [5, 5.41) is 3.30. The van der Waals surface area contributed by atoms with Gasteiger partial charge in [0.25, 0.3) is 0 Å². The molecule has 15 heavy (non-hydrogen) atoms. The summed E-state index contributed by atoms with van der Waals surface area (Å²) >= 11 is 0. The topological polar surface area (TPSA) is 55.4 Å². The van der Waals surface area contributed by atoms with Gasteiger partial charge in [-0.15, -0.1) is 0 Å². The summed E-state index contributed by atoms with van der Waals surface area (Å²) in [4.78, 5) is 11.0. The first kappa shape index (κ1) is 12.6. The summed E-state index contributed by atoms with van der Waals surface area (Å²) < 4.78 is 15.9. The van der Waals surface area contributed by atoms with Crippen LogP contribution in [0, 0.1) is 0 Å². The van der Waals surface area contributed by atoms with Crippen molar-refractivity contribution in [3.8, 4) is 0 Å². The maximum absolute atomic E-state index is 11.1. The molecule has 1 aliphatic rings. The fourth-order valence-electron chi connectivity index (χ4n) is 1.61. The Labute approximate surface area is 93.2 Å². The SMILES string of the molecule is CCOC(=O)CCNC1CCS(=O)CC1. The second-order valence-electron chi connectivity index (χ2n) is 3.63. The maximum Gasteiger partial charge on any atom is 0.307 e. The largest absolute Gasteiger partial charge is 0.466 e. The van der Waals surface area contributed by atoms with Crippen molar-refractivity contribution in [2.75, 3.05) is 24.7 Å². The molecule has 0 radical (unpaired) electrons. The highest BCUT2D eigenvalue weighted by Gasteiger charge is 2.17. The lowest BCUT2D eigenvalue weighted by Crippen LogP contribution is -2.36. The van der Waals surface area contributed by atoms with Crippen LogP contribution in [-0.2, 0) is 20.3 Å². The first-order chi connectivity index (χ1) is 7.22. The predicted octanol–water partition coefficient (Wildman–Crippen LogP) is 0.440. The molecule has 1 fully saturated rings. The molecule has 0 bridgehead atoms. The molecular weight excluding hydrogens is 214 g/mol. The van der Waals surface area contributed by atoms with Crippen molar-refractivity contribution in [1.29, 1.82) is 0 Å². The van der Waals surface area contributed by atoms with E-state index in [4.69, 9.17) is 4.74 Å². The van der Waals surface area contributed by atoms with E-state index in [0.29, 0.717) is 25.6 Å². The molecule has 88 valence electrons. The molecule has 0 atom stereocenters. The number of carbonyl (C=O) groups is 1. The van der Waals surface area contributed by atoms with Crippen molar-refractivity contribution in [2.45, 2.75) is 32.2 Å². The van der Waals surface area contributed by atoms with E-state index in [2.05, 4.69) is 5.32 Å². The van der Waals surface area contributed by atoms with Crippen LogP contribution in [0.2, 0.25) is 0 Å². The van der Waals surface area contributed by atoms with Crippen LogP contribution in [0.3, 0.4) is 0 Å². The van der Waals surface area contributed by atoms with Crippen LogP contribution >= 0.6 is 0 Å². The van der Waals surface area contributed by atoms with Gasteiger partial charge in [-0.25, -0.2) is 0 Å². The van der Waals surface area contributed by atoms with Gasteiger partial charge < -0.3 is 10.1 Å². The van der Waals surface area contributed by atoms with E-state index >= 15 is 0 Å². The van der Waals surface area contributed by atoms with Crippen molar-refractivity contribution in [1.82, 2.24) is 5.32 Å². The molecule has 4 nitrogen and oxygen atoms in total. The minimum absolute atomic E-state index is 0.149. The lowest BCUT2D eigenvalue weighted by molar-refractivity contribution is -0.143. The number of rotatable bonds is 5. The van der Waals surface area contributed by atoms with Crippen LogP contribution in [0.15, 0.2) is 0 Å². The standard InChI is InChI=1S/C10H19NO3S/c1-2-14-10(12)3-6-11-9-4-7-15(13)8-5-9/h9,11H,2-8H2,1H3. The van der Waals surface area contributed by atoms with E-state index < -0.39 is 10.8 Å². The van der Waals surface area contributed by atoms with Gasteiger partial charge in [0.2, 0.25) is 0 Å². The molecule has 0 aromatic heterocycles.